The Morgan fingerprint density at radius 2 is 2.25 bits per heavy atom. The second-order valence-corrected chi connectivity index (χ2v) is 3.67. The molecule has 1 heterocycles. The van der Waals surface area contributed by atoms with E-state index in [1.165, 1.54) is 0 Å². The first-order valence-corrected chi connectivity index (χ1v) is 5.66. The van der Waals surface area contributed by atoms with E-state index in [0.717, 1.165) is 12.8 Å². The van der Waals surface area contributed by atoms with Crippen LogP contribution < -0.4 is 11.1 Å². The smallest absolute Gasteiger partial charge is 0.315 e. The highest BCUT2D eigenvalue weighted by molar-refractivity contribution is 6.17. The molecule has 6 nitrogen and oxygen atoms in total. The minimum Gasteiger partial charge on any atom is -0.408 e. The van der Waals surface area contributed by atoms with Crippen LogP contribution >= 0.6 is 11.6 Å². The van der Waals surface area contributed by atoms with Crippen molar-refractivity contribution in [3.8, 4) is 0 Å². The molecule has 0 aliphatic carbocycles. The van der Waals surface area contributed by atoms with Crippen LogP contribution in [0.25, 0.3) is 0 Å². The summed E-state index contributed by atoms with van der Waals surface area (Å²) in [6, 6.07) is 0.388. The molecule has 3 N–H and O–H groups in total. The van der Waals surface area contributed by atoms with Crippen LogP contribution in [-0.4, -0.2) is 28.5 Å². The zero-order valence-electron chi connectivity index (χ0n) is 8.91. The summed E-state index contributed by atoms with van der Waals surface area (Å²) in [5, 5.41) is 10.5. The van der Waals surface area contributed by atoms with Crippen LogP contribution in [0.4, 0.5) is 6.01 Å². The molecule has 1 amide bonds. The Kier molecular flexibility index (Phi) is 5.63. The first-order valence-electron chi connectivity index (χ1n) is 5.13. The number of alkyl halides is 1. The topological polar surface area (TPSA) is 94.0 Å². The average molecular weight is 247 g/mol. The monoisotopic (exact) mass is 246 g/mol. The Bertz CT molecular complexity index is 329. The van der Waals surface area contributed by atoms with E-state index < -0.39 is 0 Å². The van der Waals surface area contributed by atoms with Crippen molar-refractivity contribution in [2.24, 2.45) is 5.73 Å². The van der Waals surface area contributed by atoms with Gasteiger partial charge in [-0.1, -0.05) is 5.10 Å². The van der Waals surface area contributed by atoms with Gasteiger partial charge in [-0.15, -0.1) is 16.7 Å². The van der Waals surface area contributed by atoms with Crippen LogP contribution in [0.3, 0.4) is 0 Å². The molecule has 0 fully saturated rings. The maximum Gasteiger partial charge on any atom is 0.315 e. The highest BCUT2D eigenvalue weighted by atomic mass is 35.5. The van der Waals surface area contributed by atoms with Gasteiger partial charge in [0, 0.05) is 25.3 Å². The predicted molar refractivity (Wildman–Crippen MR) is 60.3 cm³/mol. The summed E-state index contributed by atoms with van der Waals surface area (Å²) in [7, 11) is 0. The summed E-state index contributed by atoms with van der Waals surface area (Å²) in [6.07, 6.45) is 2.56. The molecule has 0 radical (unpaired) electrons. The second kappa shape index (κ2) is 7.05. The summed E-state index contributed by atoms with van der Waals surface area (Å²) in [5.41, 5.74) is 5.01. The fourth-order valence-corrected chi connectivity index (χ4v) is 1.29. The number of primary amides is 1. The predicted octanol–water partition coefficient (Wildman–Crippen LogP) is 0.918. The third-order valence-electron chi connectivity index (χ3n) is 1.90. The zero-order chi connectivity index (χ0) is 11.8. The van der Waals surface area contributed by atoms with Gasteiger partial charge in [-0.05, 0) is 12.8 Å². The van der Waals surface area contributed by atoms with Crippen molar-refractivity contribution in [2.45, 2.75) is 25.7 Å². The Hall–Kier alpha value is -1.30. The molecular formula is C9H15ClN4O2. The molecular weight excluding hydrogens is 232 g/mol. The number of nitrogens with two attached hydrogens (primary N) is 1. The number of carbonyl (C=O) groups is 1. The van der Waals surface area contributed by atoms with E-state index in [2.05, 4.69) is 15.5 Å². The normalized spacial score (nSPS) is 10.3. The molecule has 7 heteroatoms. The van der Waals surface area contributed by atoms with Crippen LogP contribution in [0.1, 0.15) is 25.2 Å². The summed E-state index contributed by atoms with van der Waals surface area (Å²) >= 11 is 5.53. The van der Waals surface area contributed by atoms with Crippen LogP contribution in [0.15, 0.2) is 4.42 Å². The van der Waals surface area contributed by atoms with Gasteiger partial charge in [-0.3, -0.25) is 4.79 Å². The van der Waals surface area contributed by atoms with Crippen LogP contribution in [0.5, 0.6) is 0 Å². The van der Waals surface area contributed by atoms with E-state index in [1.807, 2.05) is 0 Å². The molecule has 1 aromatic heterocycles. The summed E-state index contributed by atoms with van der Waals surface area (Å²) in [4.78, 5) is 10.5. The van der Waals surface area contributed by atoms with Crippen molar-refractivity contribution in [3.63, 3.8) is 0 Å². The Balaban J connectivity index is 2.14. The number of nitrogens with zero attached hydrogens (tertiary/aromatic N) is 2. The largest absolute Gasteiger partial charge is 0.408 e. The lowest BCUT2D eigenvalue weighted by Gasteiger charge is -1.99. The molecule has 16 heavy (non-hydrogen) atoms. The van der Waals surface area contributed by atoms with Crippen molar-refractivity contribution >= 4 is 23.5 Å². The van der Waals surface area contributed by atoms with Crippen LogP contribution in [-0.2, 0) is 11.2 Å². The summed E-state index contributed by atoms with van der Waals surface area (Å²) < 4.78 is 5.24. The summed E-state index contributed by atoms with van der Waals surface area (Å²) in [5.74, 6) is 0.706. The molecule has 0 bridgehead atoms. The van der Waals surface area contributed by atoms with Gasteiger partial charge in [0.2, 0.25) is 11.8 Å². The fourth-order valence-electron chi connectivity index (χ4n) is 1.13. The molecule has 0 atom stereocenters. The van der Waals surface area contributed by atoms with E-state index >= 15 is 0 Å². The number of halogens is 1. The Morgan fingerprint density at radius 1 is 1.44 bits per heavy atom. The number of unbranched alkanes of at least 4 members (excludes halogenated alkanes) is 1. The van der Waals surface area contributed by atoms with Gasteiger partial charge in [0.05, 0.1) is 0 Å². The van der Waals surface area contributed by atoms with E-state index in [1.54, 1.807) is 0 Å². The van der Waals surface area contributed by atoms with Gasteiger partial charge in [0.15, 0.2) is 0 Å². The lowest BCUT2D eigenvalue weighted by atomic mass is 10.2. The molecule has 1 aromatic rings. The first-order chi connectivity index (χ1) is 7.72. The highest BCUT2D eigenvalue weighted by Crippen LogP contribution is 2.06. The number of amides is 1. The molecule has 0 spiro atoms. The minimum atomic E-state index is -0.276. The van der Waals surface area contributed by atoms with Gasteiger partial charge in [-0.25, -0.2) is 0 Å². The van der Waals surface area contributed by atoms with Crippen molar-refractivity contribution in [2.75, 3.05) is 17.7 Å². The Morgan fingerprint density at radius 3 is 2.94 bits per heavy atom. The molecule has 0 saturated carbocycles. The number of aryl methyl sites for hydroxylation is 1. The average Bonchev–Trinajstić information content (AvgIpc) is 2.65. The molecule has 0 aliphatic heterocycles. The fraction of sp³-hybridized carbons (Fsp3) is 0.667. The van der Waals surface area contributed by atoms with Gasteiger partial charge in [0.1, 0.15) is 0 Å². The minimum absolute atomic E-state index is 0.276. The van der Waals surface area contributed by atoms with Crippen LogP contribution in [0, 0.1) is 0 Å². The molecule has 0 saturated heterocycles. The van der Waals surface area contributed by atoms with Crippen molar-refractivity contribution in [1.29, 1.82) is 0 Å². The molecule has 90 valence electrons. The van der Waals surface area contributed by atoms with Gasteiger partial charge in [0.25, 0.3) is 0 Å². The number of rotatable bonds is 8. The first kappa shape index (κ1) is 12.8. The van der Waals surface area contributed by atoms with E-state index in [-0.39, 0.29) is 5.91 Å². The maximum atomic E-state index is 10.5. The third kappa shape index (κ3) is 4.97. The number of anilines is 1. The quantitative estimate of drug-likeness (QED) is 0.525. The maximum absolute atomic E-state index is 10.5. The Labute approximate surface area is 98.5 Å². The zero-order valence-corrected chi connectivity index (χ0v) is 9.66. The van der Waals surface area contributed by atoms with E-state index in [0.29, 0.717) is 37.2 Å². The number of aromatic nitrogens is 2. The number of nitrogens with one attached hydrogen (secondary N) is 1. The molecule has 0 unspecified atom stereocenters. The van der Waals surface area contributed by atoms with E-state index in [9.17, 15) is 4.79 Å². The van der Waals surface area contributed by atoms with Gasteiger partial charge >= 0.3 is 6.01 Å². The standard InChI is InChI=1S/C9H15ClN4O2/c10-5-4-8-13-14-9(16-8)12-6-2-1-3-7(11)15/h1-6H2,(H2,11,15)(H,12,14). The molecule has 0 aromatic carbocycles. The van der Waals surface area contributed by atoms with Gasteiger partial charge < -0.3 is 15.5 Å². The lowest BCUT2D eigenvalue weighted by Crippen LogP contribution is -2.10. The number of hydrogen-bond donors (Lipinski definition) is 2. The molecule has 1 rings (SSSR count). The van der Waals surface area contributed by atoms with Crippen molar-refractivity contribution in [1.82, 2.24) is 10.2 Å². The number of carbonyl (C=O) groups excluding carboxylic acids is 1. The van der Waals surface area contributed by atoms with Crippen molar-refractivity contribution in [3.05, 3.63) is 5.89 Å². The molecule has 0 aliphatic rings. The van der Waals surface area contributed by atoms with Gasteiger partial charge in [-0.2, -0.15) is 0 Å². The van der Waals surface area contributed by atoms with Crippen molar-refractivity contribution < 1.29 is 9.21 Å². The van der Waals surface area contributed by atoms with E-state index in [4.69, 9.17) is 21.8 Å². The lowest BCUT2D eigenvalue weighted by molar-refractivity contribution is -0.118. The summed E-state index contributed by atoms with van der Waals surface area (Å²) in [6.45, 7) is 0.676. The van der Waals surface area contributed by atoms with Crippen LogP contribution in [0.2, 0.25) is 0 Å². The number of hydrogen-bond acceptors (Lipinski definition) is 5. The SMILES string of the molecule is NC(=O)CCCCNc1nnc(CCCl)o1. The highest BCUT2D eigenvalue weighted by Gasteiger charge is 2.04. The second-order valence-electron chi connectivity index (χ2n) is 3.29. The third-order valence-corrected chi connectivity index (χ3v) is 2.09.